The number of hydrogen-bond acceptors (Lipinski definition) is 3. The van der Waals surface area contributed by atoms with E-state index in [4.69, 9.17) is 0 Å². The quantitative estimate of drug-likeness (QED) is 0.835. The van der Waals surface area contributed by atoms with Crippen molar-refractivity contribution >= 4 is 11.8 Å². The molecule has 0 bridgehead atoms. The number of rotatable bonds is 1. The third kappa shape index (κ3) is 3.10. The number of nitrogens with one attached hydrogen (secondary N) is 1. The minimum absolute atomic E-state index is 0.0657. The maximum Gasteiger partial charge on any atom is 0.417 e. The number of carbonyl (C=O) groups excluding carboxylic acids is 2. The van der Waals surface area contributed by atoms with Crippen LogP contribution in [0.2, 0.25) is 0 Å². The van der Waals surface area contributed by atoms with Crippen LogP contribution in [0.4, 0.5) is 13.2 Å². The largest absolute Gasteiger partial charge is 0.417 e. The van der Waals surface area contributed by atoms with Crippen molar-refractivity contribution in [2.24, 2.45) is 0 Å². The molecule has 1 aromatic carbocycles. The fraction of sp³-hybridized carbons (Fsp3) is 0.529. The van der Waals surface area contributed by atoms with Crippen LogP contribution in [0.3, 0.4) is 0 Å². The zero-order valence-corrected chi connectivity index (χ0v) is 13.9. The predicted octanol–water partition coefficient (Wildman–Crippen LogP) is 1.74. The fourth-order valence-electron chi connectivity index (χ4n) is 3.66. The lowest BCUT2D eigenvalue weighted by atomic mass is 9.83. The lowest BCUT2D eigenvalue weighted by Gasteiger charge is -2.48. The second kappa shape index (κ2) is 6.33. The third-order valence-electron chi connectivity index (χ3n) is 5.23. The number of benzene rings is 1. The van der Waals surface area contributed by atoms with Gasteiger partial charge in [0.05, 0.1) is 11.1 Å². The summed E-state index contributed by atoms with van der Waals surface area (Å²) in [7, 11) is 1.87. The van der Waals surface area contributed by atoms with Gasteiger partial charge in [0.15, 0.2) is 0 Å². The first-order valence-electron chi connectivity index (χ1n) is 8.21. The van der Waals surface area contributed by atoms with Crippen molar-refractivity contribution in [1.29, 1.82) is 0 Å². The number of likely N-dealkylation sites (tertiary alicyclic amines) is 1. The normalized spacial score (nSPS) is 21.3. The molecule has 3 rings (SSSR count). The molecule has 5 nitrogen and oxygen atoms in total. The molecule has 8 heteroatoms. The standard InChI is InChI=1S/C17H20F3N3O2/c1-22-11-8-21-15(25)16(22)6-9-23(10-7-16)14(24)12-4-2-3-5-13(12)17(18,19)20/h2-5H,6-11H2,1H3,(H,21,25). The van der Waals surface area contributed by atoms with Crippen LogP contribution in [0, 0.1) is 0 Å². The highest BCUT2D eigenvalue weighted by Crippen LogP contribution is 2.34. The van der Waals surface area contributed by atoms with Crippen molar-refractivity contribution in [3.8, 4) is 0 Å². The van der Waals surface area contributed by atoms with E-state index in [1.807, 2.05) is 11.9 Å². The number of piperazine rings is 1. The highest BCUT2D eigenvalue weighted by Gasteiger charge is 2.47. The summed E-state index contributed by atoms with van der Waals surface area (Å²) in [5.74, 6) is -0.703. The van der Waals surface area contributed by atoms with E-state index in [0.717, 1.165) is 12.6 Å². The van der Waals surface area contributed by atoms with Gasteiger partial charge in [-0.1, -0.05) is 12.1 Å². The van der Waals surface area contributed by atoms with Crippen molar-refractivity contribution in [3.63, 3.8) is 0 Å². The van der Waals surface area contributed by atoms with Crippen LogP contribution in [0.25, 0.3) is 0 Å². The van der Waals surface area contributed by atoms with Crippen LogP contribution in [0.15, 0.2) is 24.3 Å². The van der Waals surface area contributed by atoms with E-state index in [0.29, 0.717) is 19.4 Å². The van der Waals surface area contributed by atoms with E-state index in [-0.39, 0.29) is 24.6 Å². The Kier molecular flexibility index (Phi) is 4.49. The van der Waals surface area contributed by atoms with Crippen molar-refractivity contribution in [2.75, 3.05) is 33.2 Å². The molecule has 25 heavy (non-hydrogen) atoms. The first-order chi connectivity index (χ1) is 11.8. The van der Waals surface area contributed by atoms with Crippen molar-refractivity contribution < 1.29 is 22.8 Å². The van der Waals surface area contributed by atoms with Crippen LogP contribution in [0.1, 0.15) is 28.8 Å². The highest BCUT2D eigenvalue weighted by atomic mass is 19.4. The number of hydrogen-bond donors (Lipinski definition) is 1. The van der Waals surface area contributed by atoms with E-state index < -0.39 is 23.2 Å². The first-order valence-corrected chi connectivity index (χ1v) is 8.21. The molecule has 1 aromatic rings. The van der Waals surface area contributed by atoms with Gasteiger partial charge in [0.25, 0.3) is 5.91 Å². The number of nitrogens with zero attached hydrogens (tertiary/aromatic N) is 2. The van der Waals surface area contributed by atoms with Crippen molar-refractivity contribution in [2.45, 2.75) is 24.6 Å². The maximum atomic E-state index is 13.1. The molecule has 0 unspecified atom stereocenters. The molecule has 0 atom stereocenters. The SMILES string of the molecule is CN1CCNC(=O)C12CCN(C(=O)c1ccccc1C(F)(F)F)CC2. The number of halogens is 3. The molecule has 0 aromatic heterocycles. The summed E-state index contributed by atoms with van der Waals surface area (Å²) < 4.78 is 39.4. The summed E-state index contributed by atoms with van der Waals surface area (Å²) in [5.41, 5.74) is -1.93. The van der Waals surface area contributed by atoms with Crippen LogP contribution < -0.4 is 5.32 Å². The molecule has 136 valence electrons. The zero-order chi connectivity index (χ0) is 18.2. The van der Waals surface area contributed by atoms with Gasteiger partial charge in [0.2, 0.25) is 5.91 Å². The lowest BCUT2D eigenvalue weighted by Crippen LogP contribution is -2.67. The third-order valence-corrected chi connectivity index (χ3v) is 5.23. The van der Waals surface area contributed by atoms with Crippen LogP contribution in [0.5, 0.6) is 0 Å². The van der Waals surface area contributed by atoms with E-state index in [1.54, 1.807) is 0 Å². The summed E-state index contributed by atoms with van der Waals surface area (Å²) in [6.07, 6.45) is -3.75. The Morgan fingerprint density at radius 3 is 2.40 bits per heavy atom. The molecule has 0 radical (unpaired) electrons. The van der Waals surface area contributed by atoms with Gasteiger partial charge < -0.3 is 10.2 Å². The molecule has 2 aliphatic rings. The molecule has 2 aliphatic heterocycles. The van der Waals surface area contributed by atoms with Gasteiger partial charge in [-0.15, -0.1) is 0 Å². The van der Waals surface area contributed by atoms with Gasteiger partial charge >= 0.3 is 6.18 Å². The molecular weight excluding hydrogens is 335 g/mol. The van der Waals surface area contributed by atoms with Gasteiger partial charge in [-0.2, -0.15) is 13.2 Å². The number of likely N-dealkylation sites (N-methyl/N-ethyl adjacent to an activating group) is 1. The molecule has 2 fully saturated rings. The summed E-state index contributed by atoms with van der Waals surface area (Å²) in [4.78, 5) is 28.3. The molecule has 0 saturated carbocycles. The average Bonchev–Trinajstić information content (AvgIpc) is 2.59. The van der Waals surface area contributed by atoms with E-state index >= 15 is 0 Å². The number of amides is 2. The minimum atomic E-state index is -4.58. The Labute approximate surface area is 143 Å². The predicted molar refractivity (Wildman–Crippen MR) is 85.0 cm³/mol. The molecule has 2 heterocycles. The maximum absolute atomic E-state index is 13.1. The fourth-order valence-corrected chi connectivity index (χ4v) is 3.66. The number of piperidine rings is 1. The molecule has 1 N–H and O–H groups in total. The van der Waals surface area contributed by atoms with Gasteiger partial charge in [-0.25, -0.2) is 0 Å². The van der Waals surface area contributed by atoms with E-state index in [2.05, 4.69) is 5.32 Å². The molecule has 0 aliphatic carbocycles. The zero-order valence-electron chi connectivity index (χ0n) is 13.9. The minimum Gasteiger partial charge on any atom is -0.353 e. The van der Waals surface area contributed by atoms with Crippen LogP contribution >= 0.6 is 0 Å². The first kappa shape index (κ1) is 17.7. The van der Waals surface area contributed by atoms with E-state index in [9.17, 15) is 22.8 Å². The number of carbonyl (C=O) groups is 2. The highest BCUT2D eigenvalue weighted by molar-refractivity contribution is 5.96. The Hall–Kier alpha value is -2.09. The van der Waals surface area contributed by atoms with Crippen LogP contribution in [-0.2, 0) is 11.0 Å². The molecule has 2 saturated heterocycles. The van der Waals surface area contributed by atoms with Gasteiger partial charge in [-0.3, -0.25) is 14.5 Å². The summed E-state index contributed by atoms with van der Waals surface area (Å²) in [6, 6.07) is 4.82. The molecule has 2 amide bonds. The van der Waals surface area contributed by atoms with Crippen LogP contribution in [-0.4, -0.2) is 60.4 Å². The Morgan fingerprint density at radius 1 is 1.16 bits per heavy atom. The number of alkyl halides is 3. The molecule has 1 spiro atoms. The Bertz CT molecular complexity index is 682. The second-order valence-electron chi connectivity index (χ2n) is 6.54. The Morgan fingerprint density at radius 2 is 1.80 bits per heavy atom. The second-order valence-corrected chi connectivity index (χ2v) is 6.54. The summed E-state index contributed by atoms with van der Waals surface area (Å²) >= 11 is 0. The Balaban J connectivity index is 1.78. The van der Waals surface area contributed by atoms with Gasteiger partial charge in [0.1, 0.15) is 5.54 Å². The van der Waals surface area contributed by atoms with E-state index in [1.165, 1.54) is 23.1 Å². The smallest absolute Gasteiger partial charge is 0.353 e. The summed E-state index contributed by atoms with van der Waals surface area (Å²) in [6.45, 7) is 1.81. The van der Waals surface area contributed by atoms with Crippen molar-refractivity contribution in [3.05, 3.63) is 35.4 Å². The lowest BCUT2D eigenvalue weighted by molar-refractivity contribution is -0.139. The van der Waals surface area contributed by atoms with Gasteiger partial charge in [0, 0.05) is 26.2 Å². The molecular formula is C17H20F3N3O2. The van der Waals surface area contributed by atoms with Gasteiger partial charge in [-0.05, 0) is 32.0 Å². The summed E-state index contributed by atoms with van der Waals surface area (Å²) in [5, 5.41) is 2.84. The topological polar surface area (TPSA) is 52.7 Å². The van der Waals surface area contributed by atoms with Crippen molar-refractivity contribution in [1.82, 2.24) is 15.1 Å². The average molecular weight is 355 g/mol. The monoisotopic (exact) mass is 355 g/mol.